The summed E-state index contributed by atoms with van der Waals surface area (Å²) in [6, 6.07) is 2.11. The third-order valence-corrected chi connectivity index (χ3v) is 1.53. The van der Waals surface area contributed by atoms with Crippen LogP contribution in [0.3, 0.4) is 0 Å². The van der Waals surface area contributed by atoms with E-state index in [2.05, 4.69) is 18.1 Å². The second-order valence-electron chi connectivity index (χ2n) is 2.92. The van der Waals surface area contributed by atoms with E-state index in [0.29, 0.717) is 0 Å². The maximum atomic E-state index is 10.5. The fourth-order valence-electron chi connectivity index (χ4n) is 0.795. The van der Waals surface area contributed by atoms with E-state index in [1.165, 1.54) is 11.4 Å². The van der Waals surface area contributed by atoms with Crippen LogP contribution < -0.4 is 9.79 Å². The van der Waals surface area contributed by atoms with Crippen LogP contribution in [0.4, 0.5) is 13.2 Å². The molecule has 7 heteroatoms. The van der Waals surface area contributed by atoms with Crippen LogP contribution in [0.5, 0.6) is 0 Å². The van der Waals surface area contributed by atoms with Gasteiger partial charge in [-0.15, -0.1) is 4.68 Å². The largest absolute Gasteiger partial charge is 0.542 e. The minimum Gasteiger partial charge on any atom is -0.542 e. The van der Waals surface area contributed by atoms with Crippen LogP contribution in [-0.4, -0.2) is 17.2 Å². The number of nitrogens with one attached hydrogen (secondary N) is 1. The van der Waals surface area contributed by atoms with Crippen LogP contribution in [0.1, 0.15) is 11.4 Å². The minimum atomic E-state index is -5.19. The Balaban J connectivity index is 0.000000265. The number of aromatic nitrogens is 2. The van der Waals surface area contributed by atoms with Crippen LogP contribution in [0, 0.1) is 13.8 Å². The standard InChI is InChI=1S/C6H10N2.C2HF3O2/c1-5-4-6(2)8(3)7-5;3-2(4,5)1(6)7/h4H,1-3H3;(H,6,7). The zero-order valence-electron chi connectivity index (χ0n) is 8.47. The highest BCUT2D eigenvalue weighted by molar-refractivity contribution is 5.70. The summed E-state index contributed by atoms with van der Waals surface area (Å²) < 4.78 is 33.5. The summed E-state index contributed by atoms with van der Waals surface area (Å²) in [4.78, 5) is 8.78. The normalized spacial score (nSPS) is 10.5. The number of hydrogen-bond donors (Lipinski definition) is 1. The number of carboxylic acid groups (broad SMARTS) is 1. The van der Waals surface area contributed by atoms with Crippen LogP contribution in [0.2, 0.25) is 0 Å². The van der Waals surface area contributed by atoms with Crippen molar-refractivity contribution < 1.29 is 27.8 Å². The molecule has 0 spiro atoms. The summed E-state index contributed by atoms with van der Waals surface area (Å²) in [6.07, 6.45) is -5.19. The Labute approximate surface area is 84.3 Å². The first-order chi connectivity index (χ1) is 6.64. The summed E-state index contributed by atoms with van der Waals surface area (Å²) in [5.74, 6) is -3.01. The number of aliphatic carboxylic acids is 1. The Morgan fingerprint density at radius 1 is 1.47 bits per heavy atom. The van der Waals surface area contributed by atoms with Crippen molar-refractivity contribution in [3.8, 4) is 0 Å². The molecule has 0 aromatic carbocycles. The molecule has 0 amide bonds. The molecule has 0 atom stereocenters. The van der Waals surface area contributed by atoms with E-state index in [1.54, 1.807) is 0 Å². The SMILES string of the molecule is Cc1cc(C)[n+](C)[nH]1.O=C([O-])C(F)(F)F. The lowest BCUT2D eigenvalue weighted by Crippen LogP contribution is -2.37. The summed E-state index contributed by atoms with van der Waals surface area (Å²) in [5.41, 5.74) is 2.48. The number of H-pyrrole nitrogens is 1. The highest BCUT2D eigenvalue weighted by Crippen LogP contribution is 2.11. The highest BCUT2D eigenvalue weighted by Gasteiger charge is 2.28. The van der Waals surface area contributed by atoms with Gasteiger partial charge >= 0.3 is 6.18 Å². The lowest BCUT2D eigenvalue weighted by molar-refractivity contribution is -0.732. The summed E-state index contributed by atoms with van der Waals surface area (Å²) >= 11 is 0. The maximum absolute atomic E-state index is 10.5. The van der Waals surface area contributed by atoms with Crippen LogP contribution in [0.25, 0.3) is 0 Å². The fraction of sp³-hybridized carbons (Fsp3) is 0.500. The number of carbonyl (C=O) groups is 1. The zero-order valence-corrected chi connectivity index (χ0v) is 8.47. The predicted molar refractivity (Wildman–Crippen MR) is 42.5 cm³/mol. The molecule has 15 heavy (non-hydrogen) atoms. The van der Waals surface area contributed by atoms with Crippen molar-refractivity contribution in [2.24, 2.45) is 7.05 Å². The van der Waals surface area contributed by atoms with Crippen molar-refractivity contribution in [2.45, 2.75) is 20.0 Å². The van der Waals surface area contributed by atoms with Crippen molar-refractivity contribution in [2.75, 3.05) is 0 Å². The van der Waals surface area contributed by atoms with Crippen molar-refractivity contribution in [1.29, 1.82) is 0 Å². The van der Waals surface area contributed by atoms with Crippen LogP contribution in [0.15, 0.2) is 6.07 Å². The molecule has 0 unspecified atom stereocenters. The van der Waals surface area contributed by atoms with Crippen molar-refractivity contribution in [1.82, 2.24) is 5.10 Å². The van der Waals surface area contributed by atoms with E-state index in [9.17, 15) is 13.2 Å². The molecule has 1 aromatic rings. The van der Waals surface area contributed by atoms with Gasteiger partial charge in [-0.3, -0.25) is 0 Å². The Hall–Kier alpha value is -1.53. The molecular weight excluding hydrogens is 213 g/mol. The van der Waals surface area contributed by atoms with Gasteiger partial charge in [-0.1, -0.05) is 0 Å². The maximum Gasteiger partial charge on any atom is 0.430 e. The second-order valence-corrected chi connectivity index (χ2v) is 2.92. The summed E-state index contributed by atoms with van der Waals surface area (Å²) in [6.45, 7) is 4.12. The number of rotatable bonds is 0. The number of aromatic amines is 1. The molecule has 4 nitrogen and oxygen atoms in total. The molecule has 1 N–H and O–H groups in total. The van der Waals surface area contributed by atoms with Gasteiger partial charge in [0, 0.05) is 13.0 Å². The lowest BCUT2D eigenvalue weighted by Gasteiger charge is -2.03. The highest BCUT2D eigenvalue weighted by atomic mass is 19.4. The monoisotopic (exact) mass is 224 g/mol. The molecule has 0 radical (unpaired) electrons. The average Bonchev–Trinajstić information content (AvgIpc) is 2.28. The molecule has 0 aliphatic heterocycles. The predicted octanol–water partition coefficient (Wildman–Crippen LogP) is -0.245. The number of alkyl halides is 3. The quantitative estimate of drug-likeness (QED) is 0.618. The molecule has 0 aliphatic rings. The van der Waals surface area contributed by atoms with Crippen LogP contribution >= 0.6 is 0 Å². The van der Waals surface area contributed by atoms with Crippen LogP contribution in [-0.2, 0) is 11.8 Å². The molecule has 86 valence electrons. The summed E-state index contributed by atoms with van der Waals surface area (Å²) in [5, 5.41) is 11.9. The molecule has 1 heterocycles. The smallest absolute Gasteiger partial charge is 0.430 e. The first-order valence-corrected chi connectivity index (χ1v) is 3.95. The number of carbonyl (C=O) groups excluding carboxylic acids is 1. The minimum absolute atomic E-state index is 1.21. The van der Waals surface area contributed by atoms with E-state index in [0.717, 1.165) is 0 Å². The Morgan fingerprint density at radius 2 is 1.87 bits per heavy atom. The van der Waals surface area contributed by atoms with E-state index in [-0.39, 0.29) is 0 Å². The second kappa shape index (κ2) is 4.81. The summed E-state index contributed by atoms with van der Waals surface area (Å²) in [7, 11) is 2.00. The number of hydrogen-bond acceptors (Lipinski definition) is 2. The van der Waals surface area contributed by atoms with E-state index >= 15 is 0 Å². The van der Waals surface area contributed by atoms with Crippen molar-refractivity contribution in [3.63, 3.8) is 0 Å². The molecule has 0 bridgehead atoms. The van der Waals surface area contributed by atoms with E-state index in [4.69, 9.17) is 9.90 Å². The fourth-order valence-corrected chi connectivity index (χ4v) is 0.795. The van der Waals surface area contributed by atoms with Crippen molar-refractivity contribution >= 4 is 5.97 Å². The third kappa shape index (κ3) is 5.04. The van der Waals surface area contributed by atoms with Gasteiger partial charge in [0.1, 0.15) is 5.97 Å². The number of carboxylic acids is 1. The first kappa shape index (κ1) is 13.5. The van der Waals surface area contributed by atoms with Gasteiger partial charge in [-0.25, -0.2) is 0 Å². The van der Waals surface area contributed by atoms with Gasteiger partial charge in [0.25, 0.3) is 0 Å². The molecule has 1 rings (SSSR count). The topological polar surface area (TPSA) is 59.8 Å². The Morgan fingerprint density at radius 3 is 1.93 bits per heavy atom. The number of nitrogens with zero attached hydrogens (tertiary/aromatic N) is 1. The van der Waals surface area contributed by atoms with E-state index in [1.807, 2.05) is 18.7 Å². The third-order valence-electron chi connectivity index (χ3n) is 1.53. The van der Waals surface area contributed by atoms with Gasteiger partial charge in [-0.05, 0) is 6.92 Å². The Bertz CT molecular complexity index is 325. The average molecular weight is 224 g/mol. The number of aryl methyl sites for hydroxylation is 3. The lowest BCUT2D eigenvalue weighted by atomic mass is 10.4. The molecule has 0 saturated heterocycles. The molecular formula is C8H11F3N2O2. The van der Waals surface area contributed by atoms with Gasteiger partial charge in [0.15, 0.2) is 7.05 Å². The molecule has 1 aromatic heterocycles. The number of halogens is 3. The zero-order chi connectivity index (χ0) is 12.2. The van der Waals surface area contributed by atoms with Gasteiger partial charge in [0.2, 0.25) is 5.69 Å². The molecule has 0 aliphatic carbocycles. The van der Waals surface area contributed by atoms with Gasteiger partial charge < -0.3 is 9.90 Å². The van der Waals surface area contributed by atoms with Crippen molar-refractivity contribution in [3.05, 3.63) is 17.5 Å². The molecule has 0 fully saturated rings. The van der Waals surface area contributed by atoms with Gasteiger partial charge in [0.05, 0.1) is 5.69 Å². The van der Waals surface area contributed by atoms with E-state index < -0.39 is 12.1 Å². The molecule has 0 saturated carbocycles. The van der Waals surface area contributed by atoms with Gasteiger partial charge in [-0.2, -0.15) is 18.3 Å². The Kier molecular flexibility index (Phi) is 4.32. The first-order valence-electron chi connectivity index (χ1n) is 3.95.